The van der Waals surface area contributed by atoms with E-state index < -0.39 is 0 Å². The molecule has 0 saturated heterocycles. The number of hydrogen-bond acceptors (Lipinski definition) is 4. The van der Waals surface area contributed by atoms with E-state index in [0.29, 0.717) is 22.7 Å². The highest BCUT2D eigenvalue weighted by Crippen LogP contribution is 2.26. The van der Waals surface area contributed by atoms with Crippen LogP contribution in [0.15, 0.2) is 36.7 Å². The van der Waals surface area contributed by atoms with Crippen molar-refractivity contribution in [3.63, 3.8) is 0 Å². The SMILES string of the molecule is Cc1cc(Oc2cnccc2C#N)ccc1N. The summed E-state index contributed by atoms with van der Waals surface area (Å²) in [6, 6.07) is 9.02. The molecule has 2 N–H and O–H groups in total. The van der Waals surface area contributed by atoms with E-state index in [1.54, 1.807) is 24.4 Å². The van der Waals surface area contributed by atoms with Gasteiger partial charge >= 0.3 is 0 Å². The first-order chi connectivity index (χ1) is 8.20. The Morgan fingerprint density at radius 2 is 2.18 bits per heavy atom. The molecule has 0 radical (unpaired) electrons. The molecule has 0 aliphatic heterocycles. The van der Waals surface area contributed by atoms with Gasteiger partial charge in [-0.05, 0) is 36.8 Å². The lowest BCUT2D eigenvalue weighted by molar-refractivity contribution is 0.478. The van der Waals surface area contributed by atoms with Gasteiger partial charge in [-0.2, -0.15) is 5.26 Å². The van der Waals surface area contributed by atoms with Crippen LogP contribution in [-0.4, -0.2) is 4.98 Å². The second kappa shape index (κ2) is 4.54. The van der Waals surface area contributed by atoms with Crippen LogP contribution >= 0.6 is 0 Å². The van der Waals surface area contributed by atoms with Gasteiger partial charge in [0, 0.05) is 11.9 Å². The predicted molar refractivity (Wildman–Crippen MR) is 64.6 cm³/mol. The van der Waals surface area contributed by atoms with E-state index in [9.17, 15) is 0 Å². The molecule has 17 heavy (non-hydrogen) atoms. The summed E-state index contributed by atoms with van der Waals surface area (Å²) in [7, 11) is 0. The fourth-order valence-corrected chi connectivity index (χ4v) is 1.39. The van der Waals surface area contributed by atoms with Crippen LogP contribution in [0.1, 0.15) is 11.1 Å². The van der Waals surface area contributed by atoms with Gasteiger partial charge in [-0.25, -0.2) is 0 Å². The standard InChI is InChI=1S/C13H11N3O/c1-9-6-11(2-3-12(9)15)17-13-8-16-5-4-10(13)7-14/h2-6,8H,15H2,1H3. The normalized spacial score (nSPS) is 9.65. The Morgan fingerprint density at radius 1 is 1.35 bits per heavy atom. The number of nitriles is 1. The maximum absolute atomic E-state index is 8.92. The molecule has 0 atom stereocenters. The van der Waals surface area contributed by atoms with Crippen LogP contribution in [0.25, 0.3) is 0 Å². The molecule has 0 bridgehead atoms. The smallest absolute Gasteiger partial charge is 0.163 e. The third-order valence-electron chi connectivity index (χ3n) is 2.37. The van der Waals surface area contributed by atoms with E-state index in [4.69, 9.17) is 15.7 Å². The highest BCUT2D eigenvalue weighted by Gasteiger charge is 2.05. The zero-order valence-corrected chi connectivity index (χ0v) is 9.34. The third-order valence-corrected chi connectivity index (χ3v) is 2.37. The summed E-state index contributed by atoms with van der Waals surface area (Å²) in [5.41, 5.74) is 7.82. The number of pyridine rings is 1. The van der Waals surface area contributed by atoms with Gasteiger partial charge in [0.15, 0.2) is 5.75 Å². The summed E-state index contributed by atoms with van der Waals surface area (Å²) in [6.45, 7) is 1.90. The number of anilines is 1. The Balaban J connectivity index is 2.32. The second-order valence-corrected chi connectivity index (χ2v) is 3.60. The van der Waals surface area contributed by atoms with Gasteiger partial charge in [0.1, 0.15) is 11.8 Å². The van der Waals surface area contributed by atoms with E-state index in [2.05, 4.69) is 11.1 Å². The summed E-state index contributed by atoms with van der Waals surface area (Å²) >= 11 is 0. The molecule has 4 heteroatoms. The summed E-state index contributed by atoms with van der Waals surface area (Å²) < 4.78 is 5.60. The van der Waals surface area contributed by atoms with Gasteiger partial charge in [0.05, 0.1) is 11.8 Å². The van der Waals surface area contributed by atoms with E-state index in [1.807, 2.05) is 13.0 Å². The number of aromatic nitrogens is 1. The van der Waals surface area contributed by atoms with Gasteiger partial charge < -0.3 is 10.5 Å². The van der Waals surface area contributed by atoms with Crippen LogP contribution in [0, 0.1) is 18.3 Å². The number of benzene rings is 1. The van der Waals surface area contributed by atoms with Crippen LogP contribution in [0.3, 0.4) is 0 Å². The average Bonchev–Trinajstić information content (AvgIpc) is 2.34. The molecule has 0 unspecified atom stereocenters. The van der Waals surface area contributed by atoms with Gasteiger partial charge in [-0.3, -0.25) is 4.98 Å². The molecule has 0 aliphatic carbocycles. The molecule has 0 spiro atoms. The monoisotopic (exact) mass is 225 g/mol. The van der Waals surface area contributed by atoms with Crippen LogP contribution in [0.4, 0.5) is 5.69 Å². The number of nitrogens with two attached hydrogens (primary N) is 1. The first kappa shape index (κ1) is 11.0. The quantitative estimate of drug-likeness (QED) is 0.797. The number of nitrogen functional groups attached to an aromatic ring is 1. The first-order valence-electron chi connectivity index (χ1n) is 5.09. The number of nitrogens with zero attached hydrogens (tertiary/aromatic N) is 2. The number of ether oxygens (including phenoxy) is 1. The Morgan fingerprint density at radius 3 is 2.88 bits per heavy atom. The van der Waals surface area contributed by atoms with Crippen molar-refractivity contribution in [3.05, 3.63) is 47.8 Å². The minimum atomic E-state index is 0.444. The van der Waals surface area contributed by atoms with Gasteiger partial charge in [0.25, 0.3) is 0 Å². The Kier molecular flexibility index (Phi) is 2.93. The van der Waals surface area contributed by atoms with Crippen LogP contribution < -0.4 is 10.5 Å². The Hall–Kier alpha value is -2.54. The molecule has 1 aromatic carbocycles. The highest BCUT2D eigenvalue weighted by molar-refractivity contribution is 5.51. The minimum absolute atomic E-state index is 0.444. The number of aryl methyl sites for hydroxylation is 1. The maximum Gasteiger partial charge on any atom is 0.163 e. The molecular weight excluding hydrogens is 214 g/mol. The van der Waals surface area contributed by atoms with Crippen molar-refractivity contribution in [2.45, 2.75) is 6.92 Å². The molecule has 0 amide bonds. The molecule has 1 heterocycles. The fraction of sp³-hybridized carbons (Fsp3) is 0.0769. The topological polar surface area (TPSA) is 71.9 Å². The molecule has 1 aromatic heterocycles. The summed E-state index contributed by atoms with van der Waals surface area (Å²) in [6.07, 6.45) is 3.07. The third kappa shape index (κ3) is 2.34. The van der Waals surface area contributed by atoms with Crippen molar-refractivity contribution < 1.29 is 4.74 Å². The van der Waals surface area contributed by atoms with Crippen molar-refractivity contribution in [1.82, 2.24) is 4.98 Å². The van der Waals surface area contributed by atoms with Crippen molar-refractivity contribution >= 4 is 5.69 Å². The van der Waals surface area contributed by atoms with Crippen LogP contribution in [-0.2, 0) is 0 Å². The zero-order valence-electron chi connectivity index (χ0n) is 9.34. The molecule has 0 fully saturated rings. The molecule has 4 nitrogen and oxygen atoms in total. The number of hydrogen-bond donors (Lipinski definition) is 1. The molecule has 84 valence electrons. The second-order valence-electron chi connectivity index (χ2n) is 3.60. The van der Waals surface area contributed by atoms with Gasteiger partial charge in [-0.15, -0.1) is 0 Å². The minimum Gasteiger partial charge on any atom is -0.454 e. The summed E-state index contributed by atoms with van der Waals surface area (Å²) in [5, 5.41) is 8.92. The predicted octanol–water partition coefficient (Wildman–Crippen LogP) is 2.64. The Labute approximate surface area is 99.3 Å². The molecular formula is C13H11N3O. The Bertz CT molecular complexity index is 587. The number of rotatable bonds is 2. The van der Waals surface area contributed by atoms with E-state index in [-0.39, 0.29) is 0 Å². The maximum atomic E-state index is 8.92. The van der Waals surface area contributed by atoms with E-state index >= 15 is 0 Å². The van der Waals surface area contributed by atoms with Crippen molar-refractivity contribution in [2.75, 3.05) is 5.73 Å². The largest absolute Gasteiger partial charge is 0.454 e. The molecule has 0 aliphatic rings. The molecule has 0 saturated carbocycles. The summed E-state index contributed by atoms with van der Waals surface area (Å²) in [5.74, 6) is 1.08. The lowest BCUT2D eigenvalue weighted by atomic mass is 10.2. The molecule has 2 rings (SSSR count). The molecule has 2 aromatic rings. The van der Waals surface area contributed by atoms with Crippen molar-refractivity contribution in [3.8, 4) is 17.6 Å². The first-order valence-corrected chi connectivity index (χ1v) is 5.09. The van der Waals surface area contributed by atoms with Crippen molar-refractivity contribution in [1.29, 1.82) is 5.26 Å². The lowest BCUT2D eigenvalue weighted by Gasteiger charge is -2.08. The fourth-order valence-electron chi connectivity index (χ4n) is 1.39. The van der Waals surface area contributed by atoms with Gasteiger partial charge in [-0.1, -0.05) is 0 Å². The van der Waals surface area contributed by atoms with Crippen LogP contribution in [0.5, 0.6) is 11.5 Å². The average molecular weight is 225 g/mol. The zero-order chi connectivity index (χ0) is 12.3. The van der Waals surface area contributed by atoms with Crippen molar-refractivity contribution in [2.24, 2.45) is 0 Å². The summed E-state index contributed by atoms with van der Waals surface area (Å²) in [4.78, 5) is 3.93. The van der Waals surface area contributed by atoms with E-state index in [0.717, 1.165) is 5.56 Å². The van der Waals surface area contributed by atoms with Crippen LogP contribution in [0.2, 0.25) is 0 Å². The van der Waals surface area contributed by atoms with Gasteiger partial charge in [0.2, 0.25) is 0 Å². The van der Waals surface area contributed by atoms with E-state index in [1.165, 1.54) is 6.20 Å². The highest BCUT2D eigenvalue weighted by atomic mass is 16.5. The lowest BCUT2D eigenvalue weighted by Crippen LogP contribution is -1.92.